The number of aliphatic hydroxyl groups is 1. The maximum atomic E-state index is 9.09. The Balaban J connectivity index is 2.10. The lowest BCUT2D eigenvalue weighted by atomic mass is 10.2. The summed E-state index contributed by atoms with van der Waals surface area (Å²) in [6, 6.07) is 6.20. The van der Waals surface area contributed by atoms with Crippen LogP contribution in [0.1, 0.15) is 23.7 Å². The standard InChI is InChI=1S/C12H14N2O/c1-8-6-14-11(10-5-9(10)7-15)3-2-4-12(14)13-8/h2-4,6,9-10,15H,5,7H2,1H3. The molecule has 0 aliphatic heterocycles. The molecule has 2 aromatic rings. The van der Waals surface area contributed by atoms with E-state index in [9.17, 15) is 0 Å². The van der Waals surface area contributed by atoms with Crippen LogP contribution < -0.4 is 0 Å². The molecule has 2 aromatic heterocycles. The molecule has 0 bridgehead atoms. The third kappa shape index (κ3) is 1.35. The molecule has 0 amide bonds. The van der Waals surface area contributed by atoms with Gasteiger partial charge in [0.1, 0.15) is 5.65 Å². The molecule has 2 unspecified atom stereocenters. The fourth-order valence-corrected chi connectivity index (χ4v) is 2.27. The number of aryl methyl sites for hydroxylation is 1. The van der Waals surface area contributed by atoms with E-state index in [0.29, 0.717) is 18.4 Å². The first-order valence-electron chi connectivity index (χ1n) is 5.35. The third-order valence-electron chi connectivity index (χ3n) is 3.18. The monoisotopic (exact) mass is 202 g/mol. The highest BCUT2D eigenvalue weighted by Crippen LogP contribution is 2.46. The van der Waals surface area contributed by atoms with Crippen LogP contribution in [0.25, 0.3) is 5.65 Å². The van der Waals surface area contributed by atoms with Gasteiger partial charge in [-0.05, 0) is 31.4 Å². The molecule has 3 heteroatoms. The fraction of sp³-hybridized carbons (Fsp3) is 0.417. The van der Waals surface area contributed by atoms with Crippen molar-refractivity contribution >= 4 is 5.65 Å². The van der Waals surface area contributed by atoms with Crippen LogP contribution in [0, 0.1) is 12.8 Å². The van der Waals surface area contributed by atoms with Gasteiger partial charge in [-0.1, -0.05) is 6.07 Å². The Morgan fingerprint density at radius 3 is 3.13 bits per heavy atom. The molecular formula is C12H14N2O. The lowest BCUT2D eigenvalue weighted by Crippen LogP contribution is -1.96. The molecule has 1 aliphatic carbocycles. The molecular weight excluding hydrogens is 188 g/mol. The smallest absolute Gasteiger partial charge is 0.137 e. The second-order valence-corrected chi connectivity index (χ2v) is 4.35. The van der Waals surface area contributed by atoms with Crippen LogP contribution in [-0.4, -0.2) is 21.1 Å². The summed E-state index contributed by atoms with van der Waals surface area (Å²) in [7, 11) is 0. The van der Waals surface area contributed by atoms with Crippen molar-refractivity contribution in [2.24, 2.45) is 5.92 Å². The summed E-state index contributed by atoms with van der Waals surface area (Å²) in [5.74, 6) is 0.977. The van der Waals surface area contributed by atoms with Crippen LogP contribution in [0.2, 0.25) is 0 Å². The molecule has 3 nitrogen and oxygen atoms in total. The molecule has 0 saturated heterocycles. The van der Waals surface area contributed by atoms with Gasteiger partial charge in [0.25, 0.3) is 0 Å². The van der Waals surface area contributed by atoms with Gasteiger partial charge >= 0.3 is 0 Å². The van der Waals surface area contributed by atoms with Crippen LogP contribution in [0.15, 0.2) is 24.4 Å². The number of hydrogen-bond donors (Lipinski definition) is 1. The number of pyridine rings is 1. The summed E-state index contributed by atoms with van der Waals surface area (Å²) in [6.45, 7) is 2.31. The zero-order valence-electron chi connectivity index (χ0n) is 8.72. The number of aromatic nitrogens is 2. The van der Waals surface area contributed by atoms with Crippen molar-refractivity contribution in [1.82, 2.24) is 9.38 Å². The minimum atomic E-state index is 0.300. The molecule has 2 atom stereocenters. The van der Waals surface area contributed by atoms with Crippen LogP contribution in [0.4, 0.5) is 0 Å². The number of fused-ring (bicyclic) bond motifs is 1. The Labute approximate surface area is 88.4 Å². The second-order valence-electron chi connectivity index (χ2n) is 4.35. The van der Waals surface area contributed by atoms with Gasteiger partial charge < -0.3 is 9.51 Å². The van der Waals surface area contributed by atoms with E-state index in [1.165, 1.54) is 5.69 Å². The second kappa shape index (κ2) is 3.07. The van der Waals surface area contributed by atoms with Crippen LogP contribution >= 0.6 is 0 Å². The lowest BCUT2D eigenvalue weighted by Gasteiger charge is -2.03. The fourth-order valence-electron chi connectivity index (χ4n) is 2.27. The van der Waals surface area contributed by atoms with Gasteiger partial charge in [-0.3, -0.25) is 0 Å². The Morgan fingerprint density at radius 1 is 1.53 bits per heavy atom. The molecule has 3 rings (SSSR count). The normalized spacial score (nSPS) is 24.7. The van der Waals surface area contributed by atoms with Crippen molar-refractivity contribution in [3.63, 3.8) is 0 Å². The van der Waals surface area contributed by atoms with Crippen molar-refractivity contribution in [3.8, 4) is 0 Å². The van der Waals surface area contributed by atoms with E-state index in [2.05, 4.69) is 21.6 Å². The number of aliphatic hydroxyl groups excluding tert-OH is 1. The molecule has 1 N–H and O–H groups in total. The van der Waals surface area contributed by atoms with Crippen molar-refractivity contribution in [1.29, 1.82) is 0 Å². The highest BCUT2D eigenvalue weighted by Gasteiger charge is 2.38. The average Bonchev–Trinajstić information content (AvgIpc) is 2.91. The van der Waals surface area contributed by atoms with Crippen molar-refractivity contribution in [3.05, 3.63) is 35.8 Å². The largest absolute Gasteiger partial charge is 0.396 e. The number of imidazole rings is 1. The first kappa shape index (κ1) is 8.92. The maximum Gasteiger partial charge on any atom is 0.137 e. The van der Waals surface area contributed by atoms with Crippen LogP contribution in [0.5, 0.6) is 0 Å². The highest BCUT2D eigenvalue weighted by molar-refractivity contribution is 5.43. The number of nitrogens with zero attached hydrogens (tertiary/aromatic N) is 2. The van der Waals surface area contributed by atoms with E-state index >= 15 is 0 Å². The van der Waals surface area contributed by atoms with E-state index < -0.39 is 0 Å². The van der Waals surface area contributed by atoms with Gasteiger partial charge in [-0.2, -0.15) is 0 Å². The SMILES string of the molecule is Cc1cn2c(C3CC3CO)cccc2n1. The zero-order chi connectivity index (χ0) is 10.4. The third-order valence-corrected chi connectivity index (χ3v) is 3.18. The molecule has 1 saturated carbocycles. The van der Waals surface area contributed by atoms with Crippen LogP contribution in [-0.2, 0) is 0 Å². The van der Waals surface area contributed by atoms with Gasteiger partial charge in [-0.25, -0.2) is 4.98 Å². The summed E-state index contributed by atoms with van der Waals surface area (Å²) in [5, 5.41) is 9.09. The van der Waals surface area contributed by atoms with Crippen molar-refractivity contribution in [2.75, 3.05) is 6.61 Å². The summed E-state index contributed by atoms with van der Waals surface area (Å²) in [4.78, 5) is 4.44. The summed E-state index contributed by atoms with van der Waals surface area (Å²) in [5.41, 5.74) is 3.34. The van der Waals surface area contributed by atoms with Gasteiger partial charge in [0.15, 0.2) is 0 Å². The Hall–Kier alpha value is -1.35. The quantitative estimate of drug-likeness (QED) is 0.805. The Morgan fingerprint density at radius 2 is 2.40 bits per heavy atom. The van der Waals surface area contributed by atoms with Crippen molar-refractivity contribution < 1.29 is 5.11 Å². The Bertz CT molecular complexity index is 503. The highest BCUT2D eigenvalue weighted by atomic mass is 16.3. The summed E-state index contributed by atoms with van der Waals surface area (Å²) >= 11 is 0. The average molecular weight is 202 g/mol. The predicted octanol–water partition coefficient (Wildman–Crippen LogP) is 1.74. The van der Waals surface area contributed by atoms with Gasteiger partial charge in [0.2, 0.25) is 0 Å². The lowest BCUT2D eigenvalue weighted by molar-refractivity contribution is 0.273. The zero-order valence-corrected chi connectivity index (χ0v) is 8.72. The van der Waals surface area contributed by atoms with E-state index in [1.807, 2.05) is 19.1 Å². The molecule has 1 aliphatic rings. The first-order valence-corrected chi connectivity index (χ1v) is 5.35. The van der Waals surface area contributed by atoms with E-state index in [1.54, 1.807) is 0 Å². The van der Waals surface area contributed by atoms with E-state index in [0.717, 1.165) is 17.8 Å². The van der Waals surface area contributed by atoms with Crippen LogP contribution in [0.3, 0.4) is 0 Å². The molecule has 0 radical (unpaired) electrons. The molecule has 2 heterocycles. The van der Waals surface area contributed by atoms with Gasteiger partial charge in [0, 0.05) is 24.4 Å². The Kier molecular flexibility index (Phi) is 1.83. The molecule has 0 aromatic carbocycles. The minimum absolute atomic E-state index is 0.300. The molecule has 0 spiro atoms. The van der Waals surface area contributed by atoms with Crippen molar-refractivity contribution in [2.45, 2.75) is 19.3 Å². The van der Waals surface area contributed by atoms with Gasteiger partial charge in [-0.15, -0.1) is 0 Å². The summed E-state index contributed by atoms with van der Waals surface area (Å²) in [6.07, 6.45) is 3.17. The van der Waals surface area contributed by atoms with E-state index in [4.69, 9.17) is 5.11 Å². The van der Waals surface area contributed by atoms with Gasteiger partial charge in [0.05, 0.1) is 5.69 Å². The first-order chi connectivity index (χ1) is 7.29. The topological polar surface area (TPSA) is 37.5 Å². The summed E-state index contributed by atoms with van der Waals surface area (Å²) < 4.78 is 2.15. The predicted molar refractivity (Wildman–Crippen MR) is 57.9 cm³/mol. The molecule has 1 fully saturated rings. The number of rotatable bonds is 2. The molecule has 78 valence electrons. The maximum absolute atomic E-state index is 9.09. The minimum Gasteiger partial charge on any atom is -0.396 e. The molecule has 15 heavy (non-hydrogen) atoms. The van der Waals surface area contributed by atoms with E-state index in [-0.39, 0.29) is 0 Å². The number of hydrogen-bond acceptors (Lipinski definition) is 2.